The van der Waals surface area contributed by atoms with E-state index in [1.807, 2.05) is 0 Å². The highest BCUT2D eigenvalue weighted by Crippen LogP contribution is 2.53. The molecule has 0 saturated heterocycles. The van der Waals surface area contributed by atoms with Gasteiger partial charge in [-0.2, -0.15) is 0 Å². The first-order chi connectivity index (χ1) is 17.4. The number of hydrogen-bond acceptors (Lipinski definition) is 6. The van der Waals surface area contributed by atoms with Gasteiger partial charge in [0.15, 0.2) is 11.5 Å². The minimum absolute atomic E-state index is 0.105. The first kappa shape index (κ1) is 25.4. The van der Waals surface area contributed by atoms with Gasteiger partial charge in [0.1, 0.15) is 5.82 Å². The van der Waals surface area contributed by atoms with Crippen molar-refractivity contribution in [3.63, 3.8) is 0 Å². The van der Waals surface area contributed by atoms with Crippen LogP contribution < -0.4 is 14.8 Å². The number of benzene rings is 2. The Morgan fingerprint density at radius 3 is 2.49 bits per heavy atom. The van der Waals surface area contributed by atoms with E-state index < -0.39 is 41.6 Å². The maximum absolute atomic E-state index is 14.3. The highest BCUT2D eigenvalue weighted by atomic mass is 19.3. The Balaban J connectivity index is 1.58. The average molecular weight is 521 g/mol. The van der Waals surface area contributed by atoms with Crippen molar-refractivity contribution in [2.24, 2.45) is 0 Å². The van der Waals surface area contributed by atoms with Gasteiger partial charge in [0.2, 0.25) is 5.91 Å². The second kappa shape index (κ2) is 8.64. The van der Waals surface area contributed by atoms with Gasteiger partial charge in [-0.05, 0) is 48.7 Å². The number of nitrogens with one attached hydrogen (secondary N) is 1. The normalized spacial score (nSPS) is 18.2. The number of nitrogens with zero attached hydrogens (tertiary/aromatic N) is 1. The number of aromatic nitrogens is 1. The summed E-state index contributed by atoms with van der Waals surface area (Å²) in [5.41, 5.74) is -0.307. The zero-order chi connectivity index (χ0) is 26.8. The number of anilines is 1. The predicted molar refractivity (Wildman–Crippen MR) is 127 cm³/mol. The van der Waals surface area contributed by atoms with Crippen LogP contribution in [0.1, 0.15) is 37.9 Å². The molecule has 1 saturated carbocycles. The molecule has 0 spiro atoms. The molecule has 2 aliphatic rings. The molecule has 5 rings (SSSR count). The van der Waals surface area contributed by atoms with Crippen LogP contribution in [0, 0.1) is 5.82 Å². The standard InChI is InChI=1S/C26H27F3N2O6/c1-24(2,13-33)22-21(17-5-4-15(27)10-18(17)31(22)11-16(34)12-32)30-23(35)25(7-8-25)14-3-6-19-20(9-14)37-26(28,29)36-19/h3-6,9-10,16,32-34H,7-8,11-13H2,1-2H3,(H,30,35)/t16-/m1/s1. The van der Waals surface area contributed by atoms with Gasteiger partial charge < -0.3 is 34.7 Å². The number of aliphatic hydroxyl groups excluding tert-OH is 3. The van der Waals surface area contributed by atoms with Gasteiger partial charge in [0.05, 0.1) is 48.2 Å². The summed E-state index contributed by atoms with van der Waals surface area (Å²) in [6, 6.07) is 8.26. The Labute approximate surface area is 210 Å². The lowest BCUT2D eigenvalue weighted by Crippen LogP contribution is -2.33. The number of hydrogen-bond donors (Lipinski definition) is 4. The quantitative estimate of drug-likeness (QED) is 0.362. The van der Waals surface area contributed by atoms with Crippen LogP contribution in [0.25, 0.3) is 10.9 Å². The Morgan fingerprint density at radius 2 is 1.84 bits per heavy atom. The molecule has 2 aromatic carbocycles. The van der Waals surface area contributed by atoms with E-state index in [0.29, 0.717) is 40.7 Å². The number of alkyl halides is 2. The van der Waals surface area contributed by atoms with Gasteiger partial charge in [-0.15, -0.1) is 8.78 Å². The summed E-state index contributed by atoms with van der Waals surface area (Å²) >= 11 is 0. The van der Waals surface area contributed by atoms with Gasteiger partial charge in [-0.3, -0.25) is 4.79 Å². The summed E-state index contributed by atoms with van der Waals surface area (Å²) in [6.07, 6.45) is -4.02. The smallest absolute Gasteiger partial charge is 0.395 e. The van der Waals surface area contributed by atoms with Crippen LogP contribution in [-0.4, -0.2) is 51.4 Å². The summed E-state index contributed by atoms with van der Waals surface area (Å²) in [4.78, 5) is 13.7. The summed E-state index contributed by atoms with van der Waals surface area (Å²) < 4.78 is 51.9. The zero-order valence-corrected chi connectivity index (χ0v) is 20.2. The first-order valence-electron chi connectivity index (χ1n) is 11.8. The Kier molecular flexibility index (Phi) is 5.93. The molecular weight excluding hydrogens is 493 g/mol. The summed E-state index contributed by atoms with van der Waals surface area (Å²) in [6.45, 7) is 2.50. The van der Waals surface area contributed by atoms with Gasteiger partial charge >= 0.3 is 6.29 Å². The van der Waals surface area contributed by atoms with Crippen LogP contribution >= 0.6 is 0 Å². The number of amides is 1. The van der Waals surface area contributed by atoms with E-state index in [9.17, 15) is 33.3 Å². The molecule has 1 aliphatic carbocycles. The Bertz CT molecular complexity index is 1380. The molecule has 1 amide bonds. The predicted octanol–water partition coefficient (Wildman–Crippen LogP) is 3.40. The van der Waals surface area contributed by atoms with Crippen LogP contribution in [0.3, 0.4) is 0 Å². The van der Waals surface area contributed by atoms with Crippen molar-refractivity contribution in [1.82, 2.24) is 4.57 Å². The molecule has 1 fully saturated rings. The largest absolute Gasteiger partial charge is 0.586 e. The molecule has 1 aliphatic heterocycles. The van der Waals surface area contributed by atoms with Crippen molar-refractivity contribution in [2.45, 2.75) is 56.5 Å². The average Bonchev–Trinajstić information content (AvgIpc) is 3.52. The fourth-order valence-electron chi connectivity index (χ4n) is 4.94. The van der Waals surface area contributed by atoms with E-state index in [4.69, 9.17) is 0 Å². The number of halogens is 3. The first-order valence-corrected chi connectivity index (χ1v) is 11.8. The van der Waals surface area contributed by atoms with E-state index in [0.717, 1.165) is 0 Å². The third-order valence-corrected chi connectivity index (χ3v) is 7.04. The highest BCUT2D eigenvalue weighted by molar-refractivity contribution is 6.08. The lowest BCUT2D eigenvalue weighted by molar-refractivity contribution is -0.286. The van der Waals surface area contributed by atoms with Crippen molar-refractivity contribution < 1.29 is 42.8 Å². The number of carbonyl (C=O) groups excluding carboxylic acids is 1. The van der Waals surface area contributed by atoms with Crippen molar-refractivity contribution in [1.29, 1.82) is 0 Å². The second-order valence-corrected chi connectivity index (χ2v) is 10.2. The van der Waals surface area contributed by atoms with Gasteiger partial charge in [0, 0.05) is 10.8 Å². The van der Waals surface area contributed by atoms with Crippen LogP contribution in [0.5, 0.6) is 11.5 Å². The third-order valence-electron chi connectivity index (χ3n) is 7.04. The van der Waals surface area contributed by atoms with E-state index in [2.05, 4.69) is 14.8 Å². The minimum Gasteiger partial charge on any atom is -0.395 e. The lowest BCUT2D eigenvalue weighted by Gasteiger charge is -2.28. The molecule has 1 atom stereocenters. The van der Waals surface area contributed by atoms with E-state index in [-0.39, 0.29) is 24.7 Å². The number of aliphatic hydroxyl groups is 3. The monoisotopic (exact) mass is 520 g/mol. The van der Waals surface area contributed by atoms with Crippen LogP contribution in [0.2, 0.25) is 0 Å². The minimum atomic E-state index is -3.78. The van der Waals surface area contributed by atoms with Crippen molar-refractivity contribution in [2.75, 3.05) is 18.5 Å². The molecule has 2 heterocycles. The number of carbonyl (C=O) groups is 1. The van der Waals surface area contributed by atoms with Crippen LogP contribution in [0.15, 0.2) is 36.4 Å². The molecular formula is C26H27F3N2O6. The molecule has 1 aromatic heterocycles. The Hall–Kier alpha value is -3.28. The summed E-state index contributed by atoms with van der Waals surface area (Å²) in [5.74, 6) is -1.22. The van der Waals surface area contributed by atoms with Crippen molar-refractivity contribution in [3.05, 3.63) is 53.5 Å². The van der Waals surface area contributed by atoms with Gasteiger partial charge in [0.25, 0.3) is 0 Å². The maximum atomic E-state index is 14.3. The highest BCUT2D eigenvalue weighted by Gasteiger charge is 2.53. The summed E-state index contributed by atoms with van der Waals surface area (Å²) in [7, 11) is 0. The summed E-state index contributed by atoms with van der Waals surface area (Å²) in [5, 5.41) is 33.3. The fourth-order valence-corrected chi connectivity index (χ4v) is 4.94. The van der Waals surface area contributed by atoms with Gasteiger partial charge in [-0.25, -0.2) is 4.39 Å². The van der Waals surface area contributed by atoms with E-state index in [1.165, 1.54) is 30.3 Å². The molecule has 0 bridgehead atoms. The van der Waals surface area contributed by atoms with Crippen LogP contribution in [0.4, 0.5) is 18.9 Å². The number of rotatable bonds is 8. The molecule has 198 valence electrons. The van der Waals surface area contributed by atoms with Crippen LogP contribution in [-0.2, 0) is 22.2 Å². The SMILES string of the molecule is CC(C)(CO)c1c(NC(=O)C2(c3ccc4c(c3)OC(F)(F)O4)CC2)c2ccc(F)cc2n1C[C@@H](O)CO. The molecule has 0 radical (unpaired) electrons. The zero-order valence-electron chi connectivity index (χ0n) is 20.2. The Morgan fingerprint density at radius 1 is 1.14 bits per heavy atom. The molecule has 4 N–H and O–H groups in total. The van der Waals surface area contributed by atoms with E-state index in [1.54, 1.807) is 24.5 Å². The molecule has 37 heavy (non-hydrogen) atoms. The second-order valence-electron chi connectivity index (χ2n) is 10.2. The molecule has 8 nitrogen and oxygen atoms in total. The molecule has 0 unspecified atom stereocenters. The fraction of sp³-hybridized carbons (Fsp3) is 0.423. The van der Waals surface area contributed by atoms with Gasteiger partial charge in [-0.1, -0.05) is 19.9 Å². The third kappa shape index (κ3) is 4.30. The topological polar surface area (TPSA) is 113 Å². The lowest BCUT2D eigenvalue weighted by atomic mass is 9.88. The number of fused-ring (bicyclic) bond motifs is 2. The maximum Gasteiger partial charge on any atom is 0.586 e. The van der Waals surface area contributed by atoms with E-state index >= 15 is 0 Å². The van der Waals surface area contributed by atoms with Crippen molar-refractivity contribution >= 4 is 22.5 Å². The molecule has 11 heteroatoms. The molecule has 3 aromatic rings. The number of ether oxygens (including phenoxy) is 2. The van der Waals surface area contributed by atoms with Crippen molar-refractivity contribution in [3.8, 4) is 11.5 Å².